The fourth-order valence-electron chi connectivity index (χ4n) is 5.06. The van der Waals surface area contributed by atoms with Gasteiger partial charge in [0.05, 0.1) is 0 Å². The van der Waals surface area contributed by atoms with Gasteiger partial charge in [-0.3, -0.25) is 9.59 Å². The number of likely N-dealkylation sites (tertiary alicyclic amines) is 1. The van der Waals surface area contributed by atoms with Crippen molar-refractivity contribution in [2.24, 2.45) is 17.8 Å². The van der Waals surface area contributed by atoms with Gasteiger partial charge in [-0.15, -0.1) is 0 Å². The summed E-state index contributed by atoms with van der Waals surface area (Å²) in [6.45, 7) is 2.56. The maximum atomic E-state index is 13.4. The van der Waals surface area contributed by atoms with Gasteiger partial charge in [0, 0.05) is 23.9 Å². The molecule has 4 rings (SSSR count). The zero-order chi connectivity index (χ0) is 22.9. The molecule has 1 aromatic carbocycles. The number of alkyl halides is 2. The molecule has 0 bridgehead atoms. The SMILES string of the molecule is O=C(c1ccc(F)c(F)c1)C1CCN(CCC2CCC(NC(=O)C3CC3(F)F)CC2)CC1. The highest BCUT2D eigenvalue weighted by atomic mass is 19.3. The molecule has 8 heteroatoms. The topological polar surface area (TPSA) is 49.4 Å². The molecule has 1 unspecified atom stereocenters. The zero-order valence-corrected chi connectivity index (χ0v) is 18.1. The number of nitrogens with zero attached hydrogens (tertiary/aromatic N) is 1. The normalized spacial score (nSPS) is 28.3. The van der Waals surface area contributed by atoms with Gasteiger partial charge in [0.2, 0.25) is 5.91 Å². The van der Waals surface area contributed by atoms with Crippen molar-refractivity contribution in [3.8, 4) is 0 Å². The van der Waals surface area contributed by atoms with Crippen LogP contribution in [-0.2, 0) is 4.79 Å². The molecular formula is C24H30F4N2O2. The van der Waals surface area contributed by atoms with Crippen molar-refractivity contribution < 1.29 is 27.2 Å². The van der Waals surface area contributed by atoms with E-state index in [1.54, 1.807) is 0 Å². The Balaban J connectivity index is 1.13. The van der Waals surface area contributed by atoms with Crippen molar-refractivity contribution in [3.63, 3.8) is 0 Å². The molecule has 3 aliphatic rings. The maximum Gasteiger partial charge on any atom is 0.260 e. The van der Waals surface area contributed by atoms with Gasteiger partial charge in [-0.25, -0.2) is 17.6 Å². The number of ketones is 1. The van der Waals surface area contributed by atoms with Crippen LogP contribution in [0.1, 0.15) is 61.7 Å². The van der Waals surface area contributed by atoms with E-state index in [0.29, 0.717) is 18.8 Å². The largest absolute Gasteiger partial charge is 0.353 e. The van der Waals surface area contributed by atoms with Crippen LogP contribution in [0.5, 0.6) is 0 Å². The van der Waals surface area contributed by atoms with Crippen molar-refractivity contribution in [2.45, 2.75) is 63.3 Å². The van der Waals surface area contributed by atoms with Gasteiger partial charge >= 0.3 is 0 Å². The second-order valence-electron chi connectivity index (χ2n) is 9.64. The second-order valence-corrected chi connectivity index (χ2v) is 9.64. The summed E-state index contributed by atoms with van der Waals surface area (Å²) in [5.41, 5.74) is 0.233. The number of carbonyl (C=O) groups excluding carboxylic acids is 2. The average molecular weight is 455 g/mol. The molecule has 1 N–H and O–H groups in total. The number of hydrogen-bond donors (Lipinski definition) is 1. The van der Waals surface area contributed by atoms with Gasteiger partial charge in [-0.2, -0.15) is 0 Å². The summed E-state index contributed by atoms with van der Waals surface area (Å²) in [7, 11) is 0. The summed E-state index contributed by atoms with van der Waals surface area (Å²) in [4.78, 5) is 26.8. The smallest absolute Gasteiger partial charge is 0.260 e. The molecular weight excluding hydrogens is 424 g/mol. The number of Topliss-reactive ketones (excluding diaryl/α,β-unsaturated/α-hetero) is 1. The zero-order valence-electron chi connectivity index (χ0n) is 18.1. The minimum absolute atomic E-state index is 0.00760. The molecule has 2 saturated carbocycles. The highest BCUT2D eigenvalue weighted by Gasteiger charge is 2.61. The minimum atomic E-state index is -2.81. The van der Waals surface area contributed by atoms with Gasteiger partial charge in [0.1, 0.15) is 5.92 Å². The van der Waals surface area contributed by atoms with Crippen LogP contribution in [0.15, 0.2) is 18.2 Å². The summed E-state index contributed by atoms with van der Waals surface area (Å²) in [5, 5.41) is 2.79. The Labute approximate surface area is 185 Å². The first-order valence-electron chi connectivity index (χ1n) is 11.6. The standard InChI is InChI=1S/C24H30F4N2O2/c25-20-6-3-17(13-21(20)26)22(31)16-8-11-30(12-9-16)10-7-15-1-4-18(5-2-15)29-23(32)19-14-24(19,27)28/h3,6,13,15-16,18-19H,1-2,4-5,7-12,14H2,(H,29,32). The summed E-state index contributed by atoms with van der Waals surface area (Å²) in [6.07, 6.45) is 5.78. The van der Waals surface area contributed by atoms with E-state index in [4.69, 9.17) is 0 Å². The Bertz CT molecular complexity index is 846. The lowest BCUT2D eigenvalue weighted by Gasteiger charge is -2.34. The number of amides is 1. The Kier molecular flexibility index (Phi) is 6.89. The molecule has 1 aromatic rings. The second kappa shape index (κ2) is 9.49. The van der Waals surface area contributed by atoms with Gasteiger partial charge < -0.3 is 10.2 Å². The average Bonchev–Trinajstić information content (AvgIpc) is 3.43. The number of rotatable bonds is 7. The monoisotopic (exact) mass is 454 g/mol. The van der Waals surface area contributed by atoms with E-state index in [0.717, 1.165) is 63.9 Å². The lowest BCUT2D eigenvalue weighted by Crippen LogP contribution is -2.40. The molecule has 1 atom stereocenters. The van der Waals surface area contributed by atoms with Crippen LogP contribution in [0.3, 0.4) is 0 Å². The molecule has 0 spiro atoms. The Morgan fingerprint density at radius 2 is 1.66 bits per heavy atom. The van der Waals surface area contributed by atoms with Crippen LogP contribution in [-0.4, -0.2) is 48.2 Å². The summed E-state index contributed by atoms with van der Waals surface area (Å²) in [6, 6.07) is 3.34. The molecule has 176 valence electrons. The first kappa shape index (κ1) is 23.2. The quantitative estimate of drug-likeness (QED) is 0.485. The molecule has 0 aromatic heterocycles. The number of carbonyl (C=O) groups is 2. The molecule has 1 heterocycles. The number of nitrogens with one attached hydrogen (secondary N) is 1. The summed E-state index contributed by atoms with van der Waals surface area (Å²) >= 11 is 0. The van der Waals surface area contributed by atoms with E-state index >= 15 is 0 Å². The van der Waals surface area contributed by atoms with Gasteiger partial charge in [0.15, 0.2) is 17.4 Å². The molecule has 4 nitrogen and oxygen atoms in total. The van der Waals surface area contributed by atoms with E-state index in [9.17, 15) is 27.2 Å². The molecule has 1 saturated heterocycles. The first-order valence-corrected chi connectivity index (χ1v) is 11.6. The lowest BCUT2D eigenvalue weighted by atomic mass is 9.83. The summed E-state index contributed by atoms with van der Waals surface area (Å²) < 4.78 is 52.5. The fourth-order valence-corrected chi connectivity index (χ4v) is 5.06. The minimum Gasteiger partial charge on any atom is -0.353 e. The number of halogens is 4. The number of benzene rings is 1. The number of piperidine rings is 1. The van der Waals surface area contributed by atoms with Crippen LogP contribution < -0.4 is 5.32 Å². The third-order valence-corrected chi connectivity index (χ3v) is 7.35. The van der Waals surface area contributed by atoms with Crippen molar-refractivity contribution in [1.82, 2.24) is 10.2 Å². The molecule has 1 amide bonds. The molecule has 32 heavy (non-hydrogen) atoms. The maximum absolute atomic E-state index is 13.4. The van der Waals surface area contributed by atoms with Gasteiger partial charge in [0.25, 0.3) is 5.92 Å². The predicted octanol–water partition coefficient (Wildman–Crippen LogP) is 4.58. The van der Waals surface area contributed by atoms with E-state index in [1.807, 2.05) is 0 Å². The fraction of sp³-hybridized carbons (Fsp3) is 0.667. The highest BCUT2D eigenvalue weighted by Crippen LogP contribution is 2.48. The van der Waals surface area contributed by atoms with Crippen LogP contribution in [0, 0.1) is 29.4 Å². The van der Waals surface area contributed by atoms with Crippen molar-refractivity contribution >= 4 is 11.7 Å². The van der Waals surface area contributed by atoms with Crippen molar-refractivity contribution in [1.29, 1.82) is 0 Å². The van der Waals surface area contributed by atoms with Crippen LogP contribution in [0.25, 0.3) is 0 Å². The van der Waals surface area contributed by atoms with Crippen LogP contribution in [0.2, 0.25) is 0 Å². The molecule has 3 fully saturated rings. The van der Waals surface area contributed by atoms with Crippen LogP contribution >= 0.6 is 0 Å². The third-order valence-electron chi connectivity index (χ3n) is 7.35. The van der Waals surface area contributed by atoms with E-state index in [1.165, 1.54) is 6.07 Å². The van der Waals surface area contributed by atoms with Crippen molar-refractivity contribution in [3.05, 3.63) is 35.4 Å². The number of hydrogen-bond acceptors (Lipinski definition) is 3. The van der Waals surface area contributed by atoms with E-state index in [2.05, 4.69) is 10.2 Å². The third kappa shape index (κ3) is 5.50. The van der Waals surface area contributed by atoms with E-state index < -0.39 is 29.4 Å². The van der Waals surface area contributed by atoms with E-state index in [-0.39, 0.29) is 29.7 Å². The van der Waals surface area contributed by atoms with Gasteiger partial charge in [-0.05, 0) is 88.7 Å². The highest BCUT2D eigenvalue weighted by molar-refractivity contribution is 5.97. The van der Waals surface area contributed by atoms with Gasteiger partial charge in [-0.1, -0.05) is 0 Å². The Hall–Kier alpha value is -1.96. The van der Waals surface area contributed by atoms with Crippen molar-refractivity contribution in [2.75, 3.05) is 19.6 Å². The first-order chi connectivity index (χ1) is 15.2. The van der Waals surface area contributed by atoms with Crippen LogP contribution in [0.4, 0.5) is 17.6 Å². The predicted molar refractivity (Wildman–Crippen MR) is 111 cm³/mol. The summed E-state index contributed by atoms with van der Waals surface area (Å²) in [5.74, 6) is -6.09. The molecule has 1 aliphatic heterocycles. The molecule has 2 aliphatic carbocycles. The lowest BCUT2D eigenvalue weighted by molar-refractivity contribution is -0.125. The Morgan fingerprint density at radius 3 is 2.25 bits per heavy atom. The Morgan fingerprint density at radius 1 is 1.00 bits per heavy atom. The molecule has 0 radical (unpaired) electrons.